The van der Waals surface area contributed by atoms with E-state index in [4.69, 9.17) is 22.6 Å². The monoisotopic (exact) mass is 1920 g/mol. The van der Waals surface area contributed by atoms with E-state index in [1.807, 2.05) is 37.4 Å². The number of para-hydroxylation sites is 1. The molecule has 44 heteroatoms. The zero-order chi connectivity index (χ0) is 99.1. The molecule has 9 rings (SSSR count). The van der Waals surface area contributed by atoms with Crippen LogP contribution in [0.4, 0.5) is 0 Å². The first kappa shape index (κ1) is 106. The van der Waals surface area contributed by atoms with Gasteiger partial charge in [0.05, 0.1) is 25.0 Å². The van der Waals surface area contributed by atoms with Crippen LogP contribution in [0.25, 0.3) is 21.0 Å². The first-order chi connectivity index (χ1) is 64.9. The maximum absolute atomic E-state index is 15.9. The number of rotatable bonds is 27. The number of phenols is 1. The van der Waals surface area contributed by atoms with Crippen LogP contribution in [0.1, 0.15) is 153 Å². The second-order valence-corrected chi connectivity index (χ2v) is 36.9. The minimum absolute atomic E-state index is 0.000546. The number of aromatic amines is 2. The van der Waals surface area contributed by atoms with Crippen molar-refractivity contribution in [3.05, 3.63) is 119 Å². The number of hydrogen-bond acceptors (Lipinski definition) is 23. The smallest absolute Gasteiger partial charge is 0.246 e. The van der Waals surface area contributed by atoms with Crippen LogP contribution < -0.4 is 75.7 Å². The molecule has 0 spiro atoms. The number of phenolic OH excluding ortho intramolecular Hbond substituents is 1. The summed E-state index contributed by atoms with van der Waals surface area (Å²) in [6.45, 7) is 7.08. The summed E-state index contributed by atoms with van der Waals surface area (Å²) < 4.78 is 0.835. The Labute approximate surface area is 796 Å². The molecule has 1 unspecified atom stereocenters. The molecule has 17 amide bonds. The number of nitrogens with two attached hydrogens (primary N) is 3. The lowest BCUT2D eigenvalue weighted by Crippen LogP contribution is -2.61. The number of nitrogens with zero attached hydrogens (tertiary/aromatic N) is 6. The highest BCUT2D eigenvalue weighted by atomic mass is 32.2. The standard InChI is InChI=1S/C92H129N23O19S2/c1-9-11-24-70-84(127)104-61(23-17-34-98-92(95)96)80(123)110-69(79(122)100-46-76(94)119)48-135-49-77(120)102-66(39-53-29-31-57(117)32-30-53)87(130)111(6)52(5)78(121)107-68(43-75(93)118)90(133)115-36-19-27-72(115)86(129)106-64(42-56-45-97-50-101-56)83(126)108-65(38-51(3)4)89(132)114-35-18-26-71(114)85(128)105-63(40-54-44-99-60-22-15-13-20-58(54)60)82(125)103-62(33-37-116)81(124)109-67(41-55-47-136-74-28-16-14-21-59(55)74)88(131)113(8)73(25-12-10-2)91(134)112(70)7/h13-16,20-22,28-32,44-45,47,50-52,61-73,99,116-117H,9-12,17-19,23-27,33-43,46,48-49H2,1-8H3,(H2,93,118)(H2,94,119)(H,97,101)(H,100,122)(H,102,120)(H,103,125)(H,104,127)(H,105,128)(H,106,129)(H,107,121)(H,108,126)(H,109,124)(H,110,123)(H4,95,96,98)/t52-,61-,62-,63-,64-,65-,66-,67-,68-,69?,70-,71-,72-,73-/m0/s1. The molecule has 3 fully saturated rings. The molecular weight excluding hydrogens is 1800 g/mol. The highest BCUT2D eigenvalue weighted by Gasteiger charge is 2.46. The molecule has 0 saturated carbocycles. The van der Waals surface area contributed by atoms with Gasteiger partial charge in [-0.2, -0.15) is 0 Å². The van der Waals surface area contributed by atoms with Crippen LogP contribution in [-0.4, -0.2) is 306 Å². The van der Waals surface area contributed by atoms with Crippen molar-refractivity contribution < 1.29 is 91.7 Å². The van der Waals surface area contributed by atoms with E-state index in [1.54, 1.807) is 50.4 Å². The number of nitrogens with one attached hydrogen (secondary N) is 14. The molecule has 6 aromatic rings. The van der Waals surface area contributed by atoms with Crippen molar-refractivity contribution in [3.8, 4) is 5.75 Å². The van der Waals surface area contributed by atoms with Crippen LogP contribution in [-0.2, 0) is 107 Å². The van der Waals surface area contributed by atoms with E-state index in [0.29, 0.717) is 59.0 Å². The summed E-state index contributed by atoms with van der Waals surface area (Å²) in [4.78, 5) is 267. The number of thiophene rings is 1. The number of thioether (sulfide) groups is 1. The number of H-pyrrole nitrogens is 2. The van der Waals surface area contributed by atoms with Crippen LogP contribution in [0.15, 0.2) is 96.9 Å². The average Bonchev–Trinajstić information content (AvgIpc) is 1.38. The summed E-state index contributed by atoms with van der Waals surface area (Å²) in [5, 5.41) is 61.8. The number of benzene rings is 3. The summed E-state index contributed by atoms with van der Waals surface area (Å²) in [6.07, 6.45) is 4.34. The van der Waals surface area contributed by atoms with E-state index >= 15 is 38.4 Å². The maximum Gasteiger partial charge on any atom is 0.246 e. The summed E-state index contributed by atoms with van der Waals surface area (Å²) in [7, 11) is 3.98. The number of carbonyl (C=O) groups excluding carboxylic acids is 17. The van der Waals surface area contributed by atoms with Gasteiger partial charge in [0.25, 0.3) is 0 Å². The van der Waals surface area contributed by atoms with Gasteiger partial charge in [-0.05, 0) is 129 Å². The molecule has 3 aromatic heterocycles. The Kier molecular flexibility index (Phi) is 40.3. The predicted molar refractivity (Wildman–Crippen MR) is 507 cm³/mol. The number of primary amides is 2. The SMILES string of the molecule is CCCC[C@H]1C(=O)N(C)[C@@H](CCCC)C(=O)N[C@@H](CCCNC(=N)N)C(=O)NC(C(=O)NCC(N)=O)CSCC(=O)N[C@@H](Cc2ccc(O)cc2)C(=O)N(C)[C@@H](C)C(=O)N[C@@H](CC(N)=O)C(=O)N2CCC[C@H]2C(=O)N[C@@H](Cc2cnc[nH]2)C(=O)N[C@@H](CC(C)C)C(=O)N2CCC[C@H]2C(=O)N[C@@H](Cc2c[nH]c3ccccc23)C(=O)N[C@@H](CCO)C(=O)N[C@@H](Cc2csc3ccccc23)C(=O)N1C. The van der Waals surface area contributed by atoms with Gasteiger partial charge in [0.1, 0.15) is 90.3 Å². The van der Waals surface area contributed by atoms with Crippen LogP contribution in [0.2, 0.25) is 0 Å². The molecule has 0 aliphatic carbocycles. The second kappa shape index (κ2) is 51.4. The molecule has 3 aromatic carbocycles. The summed E-state index contributed by atoms with van der Waals surface area (Å²) in [6, 6.07) is -0.720. The van der Waals surface area contributed by atoms with Crippen LogP contribution in [0.5, 0.6) is 5.75 Å². The fourth-order valence-electron chi connectivity index (χ4n) is 16.9. The number of imidazole rings is 1. The molecule has 3 aliphatic rings. The minimum Gasteiger partial charge on any atom is -0.508 e. The fourth-order valence-corrected chi connectivity index (χ4v) is 18.7. The Balaban J connectivity index is 1.10. The number of hydrogen-bond donors (Lipinski definition) is 19. The first-order valence-electron chi connectivity index (χ1n) is 45.9. The summed E-state index contributed by atoms with van der Waals surface area (Å²) >= 11 is 2.14. The number of aromatic hydroxyl groups is 1. The topological polar surface area (TPSA) is 626 Å². The maximum atomic E-state index is 15.9. The fraction of sp³-hybridized carbons (Fsp3) is 0.533. The third-order valence-corrected chi connectivity index (χ3v) is 26.5. The molecule has 3 aliphatic heterocycles. The quantitative estimate of drug-likeness (QED) is 0.0171. The molecule has 22 N–H and O–H groups in total. The van der Waals surface area contributed by atoms with Crippen molar-refractivity contribution in [3.63, 3.8) is 0 Å². The Morgan fingerprint density at radius 3 is 1.71 bits per heavy atom. The number of aliphatic hydroxyl groups is 1. The normalized spacial score (nSPS) is 24.1. The molecular formula is C92H129N23O19S2. The van der Waals surface area contributed by atoms with Gasteiger partial charge in [0.15, 0.2) is 5.96 Å². The number of aromatic nitrogens is 3. The molecule has 42 nitrogen and oxygen atoms in total. The van der Waals surface area contributed by atoms with Gasteiger partial charge >= 0.3 is 0 Å². The zero-order valence-corrected chi connectivity index (χ0v) is 79.5. The van der Waals surface area contributed by atoms with Crippen molar-refractivity contribution in [2.24, 2.45) is 23.1 Å². The van der Waals surface area contributed by atoms with Crippen LogP contribution in [0, 0.1) is 11.3 Å². The number of aliphatic hydroxyl groups excluding tert-OH is 1. The summed E-state index contributed by atoms with van der Waals surface area (Å²) in [5.41, 5.74) is 19.4. The van der Waals surface area contributed by atoms with E-state index < -0.39 is 228 Å². The summed E-state index contributed by atoms with van der Waals surface area (Å²) in [5.74, 6) is -17.0. The van der Waals surface area contributed by atoms with Crippen molar-refractivity contribution >= 4 is 150 Å². The Bertz CT molecular complexity index is 5230. The van der Waals surface area contributed by atoms with Gasteiger partial charge in [-0.1, -0.05) is 102 Å². The van der Waals surface area contributed by atoms with Gasteiger partial charge in [0.2, 0.25) is 100 Å². The largest absolute Gasteiger partial charge is 0.508 e. The predicted octanol–water partition coefficient (Wildman–Crippen LogP) is -0.776. The Morgan fingerprint density at radius 1 is 0.544 bits per heavy atom. The van der Waals surface area contributed by atoms with Crippen molar-refractivity contribution in [2.45, 2.75) is 241 Å². The Morgan fingerprint density at radius 2 is 1.09 bits per heavy atom. The van der Waals surface area contributed by atoms with Crippen molar-refractivity contribution in [1.82, 2.24) is 97.9 Å². The van der Waals surface area contributed by atoms with Crippen molar-refractivity contribution in [2.75, 3.05) is 65.4 Å². The lowest BCUT2D eigenvalue weighted by molar-refractivity contribution is -0.149. The van der Waals surface area contributed by atoms with E-state index in [-0.39, 0.29) is 115 Å². The third-order valence-electron chi connectivity index (χ3n) is 24.4. The van der Waals surface area contributed by atoms with E-state index in [2.05, 4.69) is 73.4 Å². The van der Waals surface area contributed by atoms with Gasteiger partial charge in [-0.15, -0.1) is 23.1 Å². The first-order valence-corrected chi connectivity index (χ1v) is 47.9. The molecule has 738 valence electrons. The van der Waals surface area contributed by atoms with Crippen LogP contribution >= 0.6 is 23.1 Å². The molecule has 6 heterocycles. The molecule has 0 bridgehead atoms. The zero-order valence-electron chi connectivity index (χ0n) is 77.8. The van der Waals surface area contributed by atoms with Gasteiger partial charge < -0.3 is 120 Å². The molecule has 0 radical (unpaired) electrons. The lowest BCUT2D eigenvalue weighted by Gasteiger charge is -2.36. The van der Waals surface area contributed by atoms with Gasteiger partial charge in [-0.25, -0.2) is 4.98 Å². The molecule has 14 atom stereocenters. The van der Waals surface area contributed by atoms with E-state index in [0.717, 1.165) is 31.6 Å². The molecule has 136 heavy (non-hydrogen) atoms. The highest BCUT2D eigenvalue weighted by molar-refractivity contribution is 8.00. The number of fused-ring (bicyclic) bond motifs is 4. The number of amides is 17. The van der Waals surface area contributed by atoms with E-state index in [9.17, 15) is 53.4 Å². The third kappa shape index (κ3) is 29.9. The van der Waals surface area contributed by atoms with Crippen LogP contribution in [0.3, 0.4) is 0 Å². The highest BCUT2D eigenvalue weighted by Crippen LogP contribution is 2.30. The van der Waals surface area contributed by atoms with Gasteiger partial charge in [0, 0.05) is 113 Å². The molecule has 3 saturated heterocycles. The number of carbonyl (C=O) groups is 17. The minimum atomic E-state index is -1.76. The number of likely N-dealkylation sites (N-methyl/N-ethyl adjacent to an activating group) is 3. The number of unbranched alkanes of at least 4 members (excludes halogenated alkanes) is 2. The van der Waals surface area contributed by atoms with E-state index in [1.165, 1.54) is 90.9 Å². The second-order valence-electron chi connectivity index (χ2n) is 35.0. The van der Waals surface area contributed by atoms with Gasteiger partial charge in [-0.3, -0.25) is 86.9 Å². The van der Waals surface area contributed by atoms with Crippen molar-refractivity contribution in [1.29, 1.82) is 5.41 Å². The average molecular weight is 1930 g/mol. The number of guanidine groups is 1. The lowest BCUT2D eigenvalue weighted by atomic mass is 9.99. The Hall–Kier alpha value is -13.3.